The highest BCUT2D eigenvalue weighted by molar-refractivity contribution is 8.14. The molecule has 0 aliphatic carbocycles. The van der Waals surface area contributed by atoms with Gasteiger partial charge in [-0.1, -0.05) is 35.5 Å². The summed E-state index contributed by atoms with van der Waals surface area (Å²) in [6.07, 6.45) is 1.63. The minimum absolute atomic E-state index is 0.0297. The summed E-state index contributed by atoms with van der Waals surface area (Å²) in [4.78, 5) is 37.5. The molecular formula is C21H20ClN3O5S2. The van der Waals surface area contributed by atoms with E-state index in [1.165, 1.54) is 27.4 Å². The first-order chi connectivity index (χ1) is 15.3. The second-order valence-electron chi connectivity index (χ2n) is 7.44. The number of thioether (sulfide) groups is 1. The van der Waals surface area contributed by atoms with Crippen LogP contribution in [0.15, 0.2) is 47.4 Å². The lowest BCUT2D eigenvalue weighted by Gasteiger charge is -2.16. The molecule has 0 atom stereocenters. The number of halogens is 1. The third kappa shape index (κ3) is 4.68. The molecule has 2 saturated heterocycles. The Morgan fingerprint density at radius 1 is 1.06 bits per heavy atom. The van der Waals surface area contributed by atoms with Crippen LogP contribution in [0.3, 0.4) is 0 Å². The second-order valence-corrected chi connectivity index (χ2v) is 10.7. The Hall–Kier alpha value is -2.40. The number of amides is 3. The van der Waals surface area contributed by atoms with Gasteiger partial charge >= 0.3 is 0 Å². The van der Waals surface area contributed by atoms with Crippen LogP contribution in [0.1, 0.15) is 28.8 Å². The van der Waals surface area contributed by atoms with Crippen molar-refractivity contribution in [3.05, 3.63) is 58.6 Å². The van der Waals surface area contributed by atoms with Gasteiger partial charge in [-0.3, -0.25) is 19.3 Å². The maximum absolute atomic E-state index is 12.8. The van der Waals surface area contributed by atoms with Gasteiger partial charge in [-0.25, -0.2) is 8.42 Å². The van der Waals surface area contributed by atoms with Crippen molar-refractivity contribution in [3.8, 4) is 0 Å². The molecule has 1 N–H and O–H groups in total. The number of benzene rings is 2. The van der Waals surface area contributed by atoms with E-state index >= 15 is 0 Å². The van der Waals surface area contributed by atoms with Crippen molar-refractivity contribution in [3.63, 3.8) is 0 Å². The van der Waals surface area contributed by atoms with Crippen molar-refractivity contribution in [1.29, 1.82) is 0 Å². The van der Waals surface area contributed by atoms with Gasteiger partial charge in [-0.2, -0.15) is 4.31 Å². The molecule has 4 rings (SSSR count). The van der Waals surface area contributed by atoms with Gasteiger partial charge in [-0.05, 0) is 48.7 Å². The number of carbonyl (C=O) groups excluding carboxylic acids is 3. The number of nitrogens with zero attached hydrogens (tertiary/aromatic N) is 2. The summed E-state index contributed by atoms with van der Waals surface area (Å²) >= 11 is 7.15. The molecule has 2 aliphatic rings. The van der Waals surface area contributed by atoms with Crippen LogP contribution in [0.4, 0.5) is 10.5 Å². The van der Waals surface area contributed by atoms with Gasteiger partial charge in [0.05, 0.1) is 27.8 Å². The predicted molar refractivity (Wildman–Crippen MR) is 122 cm³/mol. The molecule has 0 saturated carbocycles. The van der Waals surface area contributed by atoms with Crippen molar-refractivity contribution in [2.75, 3.05) is 24.2 Å². The smallest absolute Gasteiger partial charge is 0.289 e. The molecule has 2 aromatic carbocycles. The van der Waals surface area contributed by atoms with E-state index in [2.05, 4.69) is 5.32 Å². The van der Waals surface area contributed by atoms with E-state index in [4.69, 9.17) is 11.6 Å². The number of hydrogen-bond donors (Lipinski definition) is 1. The largest absolute Gasteiger partial charge is 0.322 e. The summed E-state index contributed by atoms with van der Waals surface area (Å²) < 4.78 is 27.0. The van der Waals surface area contributed by atoms with Gasteiger partial charge in [0, 0.05) is 18.8 Å². The predicted octanol–water partition coefficient (Wildman–Crippen LogP) is 3.57. The highest BCUT2D eigenvalue weighted by Gasteiger charge is 2.30. The average Bonchev–Trinajstić information content (AvgIpc) is 3.42. The van der Waals surface area contributed by atoms with E-state index < -0.39 is 15.9 Å². The molecule has 8 nitrogen and oxygen atoms in total. The molecular weight excluding hydrogens is 474 g/mol. The first-order valence-electron chi connectivity index (χ1n) is 9.93. The van der Waals surface area contributed by atoms with E-state index in [-0.39, 0.29) is 38.9 Å². The standard InChI is InChI=1S/C21H20ClN3O5S2/c22-18-8-7-16(32(29,30)24-9-1-2-10-24)11-17(18)20(27)23-15-5-3-14(4-6-15)12-25-19(26)13-31-21(25)28/h3-8,11H,1-2,9-10,12-13H2,(H,23,27). The fourth-order valence-corrected chi connectivity index (χ4v) is 6.00. The number of imide groups is 1. The van der Waals surface area contributed by atoms with Crippen LogP contribution in [0.25, 0.3) is 0 Å². The van der Waals surface area contributed by atoms with Crippen LogP contribution >= 0.6 is 23.4 Å². The Balaban J connectivity index is 1.48. The topological polar surface area (TPSA) is 104 Å². The number of nitrogens with one attached hydrogen (secondary N) is 1. The van der Waals surface area contributed by atoms with Crippen LogP contribution in [-0.2, 0) is 21.4 Å². The van der Waals surface area contributed by atoms with Gasteiger partial charge in [0.2, 0.25) is 15.9 Å². The molecule has 2 fully saturated rings. The zero-order valence-corrected chi connectivity index (χ0v) is 19.3. The highest BCUT2D eigenvalue weighted by atomic mass is 35.5. The SMILES string of the molecule is O=C(Nc1ccc(CN2C(=O)CSC2=O)cc1)c1cc(S(=O)(=O)N2CCCC2)ccc1Cl. The van der Waals surface area contributed by atoms with Gasteiger partial charge in [0.25, 0.3) is 11.1 Å². The Labute approximate surface area is 195 Å². The van der Waals surface area contributed by atoms with E-state index in [1.54, 1.807) is 24.3 Å². The monoisotopic (exact) mass is 493 g/mol. The van der Waals surface area contributed by atoms with E-state index in [9.17, 15) is 22.8 Å². The lowest BCUT2D eigenvalue weighted by Crippen LogP contribution is -2.28. The number of anilines is 1. The molecule has 32 heavy (non-hydrogen) atoms. The molecule has 2 aromatic rings. The lowest BCUT2D eigenvalue weighted by atomic mass is 10.1. The van der Waals surface area contributed by atoms with Crippen molar-refractivity contribution >= 4 is 56.1 Å². The van der Waals surface area contributed by atoms with Crippen LogP contribution in [0.2, 0.25) is 5.02 Å². The maximum atomic E-state index is 12.8. The molecule has 168 valence electrons. The molecule has 0 spiro atoms. The zero-order valence-electron chi connectivity index (χ0n) is 16.9. The number of rotatable bonds is 6. The third-order valence-electron chi connectivity index (χ3n) is 5.28. The zero-order chi connectivity index (χ0) is 22.9. The van der Waals surface area contributed by atoms with Gasteiger partial charge < -0.3 is 5.32 Å². The fraction of sp³-hybridized carbons (Fsp3) is 0.286. The number of hydrogen-bond acceptors (Lipinski definition) is 6. The maximum Gasteiger partial charge on any atom is 0.289 e. The third-order valence-corrected chi connectivity index (χ3v) is 8.36. The Kier molecular flexibility index (Phi) is 6.57. The van der Waals surface area contributed by atoms with E-state index in [0.29, 0.717) is 18.8 Å². The van der Waals surface area contributed by atoms with Crippen molar-refractivity contribution in [2.24, 2.45) is 0 Å². The van der Waals surface area contributed by atoms with Crippen LogP contribution in [0.5, 0.6) is 0 Å². The first kappa shape index (κ1) is 22.8. The molecule has 3 amide bonds. The summed E-state index contributed by atoms with van der Waals surface area (Å²) in [6, 6.07) is 10.8. The van der Waals surface area contributed by atoms with E-state index in [1.807, 2.05) is 0 Å². The van der Waals surface area contributed by atoms with Crippen LogP contribution < -0.4 is 5.32 Å². The summed E-state index contributed by atoms with van der Waals surface area (Å²) in [5.41, 5.74) is 1.27. The summed E-state index contributed by atoms with van der Waals surface area (Å²) in [6.45, 7) is 1.10. The van der Waals surface area contributed by atoms with Crippen LogP contribution in [0, 0.1) is 0 Å². The Morgan fingerprint density at radius 3 is 2.38 bits per heavy atom. The van der Waals surface area contributed by atoms with E-state index in [0.717, 1.165) is 30.2 Å². The summed E-state index contributed by atoms with van der Waals surface area (Å²) in [5.74, 6) is -0.612. The lowest BCUT2D eigenvalue weighted by molar-refractivity contribution is -0.125. The highest BCUT2D eigenvalue weighted by Crippen LogP contribution is 2.26. The van der Waals surface area contributed by atoms with Gasteiger partial charge in [0.1, 0.15) is 0 Å². The fourth-order valence-electron chi connectivity index (χ4n) is 3.52. The molecule has 2 heterocycles. The Bertz CT molecular complexity index is 1160. The average molecular weight is 494 g/mol. The molecule has 0 unspecified atom stereocenters. The Morgan fingerprint density at radius 2 is 1.75 bits per heavy atom. The van der Waals surface area contributed by atoms with Gasteiger partial charge in [-0.15, -0.1) is 0 Å². The molecule has 2 aliphatic heterocycles. The normalized spacial score (nSPS) is 17.2. The second kappa shape index (κ2) is 9.22. The number of sulfonamides is 1. The molecule has 0 radical (unpaired) electrons. The molecule has 0 aromatic heterocycles. The minimum atomic E-state index is -3.68. The summed E-state index contributed by atoms with van der Waals surface area (Å²) in [5, 5.41) is 2.57. The number of carbonyl (C=O) groups is 3. The molecule has 11 heteroatoms. The van der Waals surface area contributed by atoms with Crippen LogP contribution in [-0.4, -0.2) is 53.5 Å². The minimum Gasteiger partial charge on any atom is -0.322 e. The summed E-state index contributed by atoms with van der Waals surface area (Å²) in [7, 11) is -3.68. The molecule has 0 bridgehead atoms. The van der Waals surface area contributed by atoms with Crippen molar-refractivity contribution in [2.45, 2.75) is 24.3 Å². The first-order valence-corrected chi connectivity index (χ1v) is 12.7. The quantitative estimate of drug-likeness (QED) is 0.659. The van der Waals surface area contributed by atoms with Crippen molar-refractivity contribution < 1.29 is 22.8 Å². The van der Waals surface area contributed by atoms with Crippen molar-refractivity contribution in [1.82, 2.24) is 9.21 Å². The van der Waals surface area contributed by atoms with Gasteiger partial charge in [0.15, 0.2) is 0 Å².